The van der Waals surface area contributed by atoms with Gasteiger partial charge in [0, 0.05) is 43.8 Å². The van der Waals surface area contributed by atoms with Crippen LogP contribution in [-0.2, 0) is 10.0 Å². The molecule has 2 unspecified atom stereocenters. The van der Waals surface area contributed by atoms with Gasteiger partial charge in [0.2, 0.25) is 10.0 Å². The summed E-state index contributed by atoms with van der Waals surface area (Å²) in [5, 5.41) is 3.56. The second-order valence-corrected chi connectivity index (χ2v) is 8.73. The Morgan fingerprint density at radius 2 is 1.76 bits per heavy atom. The van der Waals surface area contributed by atoms with E-state index in [0.29, 0.717) is 30.7 Å². The minimum Gasteiger partial charge on any atom is -0.337 e. The molecule has 0 aliphatic carbocycles. The molecular weight excluding hydrogens is 338 g/mol. The quantitative estimate of drug-likeness (QED) is 0.862. The number of rotatable bonds is 5. The van der Waals surface area contributed by atoms with Gasteiger partial charge in [-0.1, -0.05) is 13.8 Å². The van der Waals surface area contributed by atoms with E-state index in [0.717, 1.165) is 25.9 Å². The van der Waals surface area contributed by atoms with Gasteiger partial charge in [0.05, 0.1) is 4.90 Å². The first kappa shape index (κ1) is 18.4. The molecule has 1 aromatic carbocycles. The van der Waals surface area contributed by atoms with Crippen LogP contribution in [0.1, 0.15) is 43.5 Å². The van der Waals surface area contributed by atoms with Gasteiger partial charge in [-0.3, -0.25) is 4.79 Å². The molecule has 0 aromatic heterocycles. The lowest BCUT2D eigenvalue weighted by atomic mass is 10.1. The molecule has 2 heterocycles. The van der Waals surface area contributed by atoms with Crippen LogP contribution in [0.2, 0.25) is 0 Å². The molecule has 2 aliphatic rings. The SMILES string of the molecule is CCN(CC)S(=O)(=O)c1ccc(C(=O)N2CCC3CCC(C2)N3)cc1. The first-order valence-corrected chi connectivity index (χ1v) is 10.5. The molecule has 25 heavy (non-hydrogen) atoms. The van der Waals surface area contributed by atoms with Crippen molar-refractivity contribution in [3.05, 3.63) is 29.8 Å². The standard InChI is InChI=1S/C18H27N3O3S/c1-3-21(4-2)25(23,24)17-9-5-14(6-10-17)18(22)20-12-11-15-7-8-16(13-20)19-15/h5-6,9-10,15-16,19H,3-4,7-8,11-13H2,1-2H3. The van der Waals surface area contributed by atoms with E-state index in [1.54, 1.807) is 24.3 Å². The molecule has 1 aromatic rings. The lowest BCUT2D eigenvalue weighted by Crippen LogP contribution is -2.39. The average Bonchev–Trinajstić information content (AvgIpc) is 2.94. The fourth-order valence-electron chi connectivity index (χ4n) is 3.79. The molecule has 2 bridgehead atoms. The van der Waals surface area contributed by atoms with Crippen molar-refractivity contribution in [2.24, 2.45) is 0 Å². The van der Waals surface area contributed by atoms with Gasteiger partial charge in [0.1, 0.15) is 0 Å². The lowest BCUT2D eigenvalue weighted by molar-refractivity contribution is 0.0748. The summed E-state index contributed by atoms with van der Waals surface area (Å²) in [4.78, 5) is 14.9. The molecule has 0 saturated carbocycles. The summed E-state index contributed by atoms with van der Waals surface area (Å²) in [5.74, 6) is -0.0128. The van der Waals surface area contributed by atoms with Gasteiger partial charge >= 0.3 is 0 Å². The predicted octanol–water partition coefficient (Wildman–Crippen LogP) is 1.68. The molecule has 1 amide bonds. The largest absolute Gasteiger partial charge is 0.337 e. The van der Waals surface area contributed by atoms with Crippen molar-refractivity contribution in [2.75, 3.05) is 26.2 Å². The van der Waals surface area contributed by atoms with E-state index >= 15 is 0 Å². The highest BCUT2D eigenvalue weighted by Crippen LogP contribution is 2.22. The molecule has 2 atom stereocenters. The molecule has 6 nitrogen and oxygen atoms in total. The third kappa shape index (κ3) is 3.73. The molecule has 0 radical (unpaired) electrons. The Balaban J connectivity index is 1.74. The second kappa shape index (κ2) is 7.43. The van der Waals surface area contributed by atoms with Gasteiger partial charge in [-0.25, -0.2) is 8.42 Å². The molecule has 3 rings (SSSR count). The van der Waals surface area contributed by atoms with Crippen LogP contribution >= 0.6 is 0 Å². The van der Waals surface area contributed by atoms with Gasteiger partial charge in [-0.05, 0) is 43.5 Å². The number of hydrogen-bond donors (Lipinski definition) is 1. The molecule has 0 spiro atoms. The van der Waals surface area contributed by atoms with Crippen LogP contribution in [0, 0.1) is 0 Å². The fraction of sp³-hybridized carbons (Fsp3) is 0.611. The summed E-state index contributed by atoms with van der Waals surface area (Å²) in [6, 6.07) is 7.28. The number of benzene rings is 1. The number of fused-ring (bicyclic) bond motifs is 2. The van der Waals surface area contributed by atoms with Crippen LogP contribution in [0.4, 0.5) is 0 Å². The number of carbonyl (C=O) groups excluding carboxylic acids is 1. The van der Waals surface area contributed by atoms with Crippen molar-refractivity contribution >= 4 is 15.9 Å². The maximum absolute atomic E-state index is 12.8. The molecule has 1 N–H and O–H groups in total. The summed E-state index contributed by atoms with van der Waals surface area (Å²) in [6.07, 6.45) is 3.30. The van der Waals surface area contributed by atoms with E-state index in [1.165, 1.54) is 10.7 Å². The topological polar surface area (TPSA) is 69.7 Å². The van der Waals surface area contributed by atoms with Crippen LogP contribution in [0.5, 0.6) is 0 Å². The minimum absolute atomic E-state index is 0.0128. The van der Waals surface area contributed by atoms with Crippen molar-refractivity contribution in [3.8, 4) is 0 Å². The third-order valence-corrected chi connectivity index (χ3v) is 7.32. The molecular formula is C18H27N3O3S. The van der Waals surface area contributed by atoms with Gasteiger partial charge in [-0.2, -0.15) is 4.31 Å². The maximum atomic E-state index is 12.8. The van der Waals surface area contributed by atoms with Crippen LogP contribution in [0.15, 0.2) is 29.2 Å². The average molecular weight is 365 g/mol. The van der Waals surface area contributed by atoms with Crippen LogP contribution < -0.4 is 5.32 Å². The first-order valence-electron chi connectivity index (χ1n) is 9.11. The summed E-state index contributed by atoms with van der Waals surface area (Å²) >= 11 is 0. The molecule has 138 valence electrons. The summed E-state index contributed by atoms with van der Waals surface area (Å²) < 4.78 is 26.5. The van der Waals surface area contributed by atoms with Gasteiger partial charge < -0.3 is 10.2 Å². The Kier molecular flexibility index (Phi) is 5.46. The zero-order valence-electron chi connectivity index (χ0n) is 14.9. The van der Waals surface area contributed by atoms with Gasteiger partial charge in [-0.15, -0.1) is 0 Å². The molecule has 2 saturated heterocycles. The number of nitrogens with zero attached hydrogens (tertiary/aromatic N) is 2. The maximum Gasteiger partial charge on any atom is 0.253 e. The highest BCUT2D eigenvalue weighted by molar-refractivity contribution is 7.89. The zero-order valence-corrected chi connectivity index (χ0v) is 15.8. The monoisotopic (exact) mass is 365 g/mol. The zero-order chi connectivity index (χ0) is 18.0. The molecule has 2 fully saturated rings. The smallest absolute Gasteiger partial charge is 0.253 e. The Morgan fingerprint density at radius 3 is 2.40 bits per heavy atom. The number of carbonyl (C=O) groups is 1. The van der Waals surface area contributed by atoms with E-state index in [1.807, 2.05) is 18.7 Å². The lowest BCUT2D eigenvalue weighted by Gasteiger charge is -2.24. The number of sulfonamides is 1. The van der Waals surface area contributed by atoms with Crippen molar-refractivity contribution in [3.63, 3.8) is 0 Å². The number of nitrogens with one attached hydrogen (secondary N) is 1. The first-order chi connectivity index (χ1) is 12.0. The summed E-state index contributed by atoms with van der Waals surface area (Å²) in [7, 11) is -3.48. The fourth-order valence-corrected chi connectivity index (χ4v) is 5.25. The number of amides is 1. The molecule has 7 heteroatoms. The Bertz CT molecular complexity index is 714. The van der Waals surface area contributed by atoms with Crippen molar-refractivity contribution < 1.29 is 13.2 Å². The van der Waals surface area contributed by atoms with Crippen molar-refractivity contribution in [2.45, 2.75) is 50.1 Å². The van der Waals surface area contributed by atoms with E-state index < -0.39 is 10.0 Å². The van der Waals surface area contributed by atoms with Crippen molar-refractivity contribution in [1.29, 1.82) is 0 Å². The Labute approximate surface area is 150 Å². The third-order valence-electron chi connectivity index (χ3n) is 5.25. The highest BCUT2D eigenvalue weighted by atomic mass is 32.2. The second-order valence-electron chi connectivity index (χ2n) is 6.79. The minimum atomic E-state index is -3.48. The van der Waals surface area contributed by atoms with E-state index in [9.17, 15) is 13.2 Å². The Hall–Kier alpha value is -1.44. The molecule has 2 aliphatic heterocycles. The Morgan fingerprint density at radius 1 is 1.12 bits per heavy atom. The summed E-state index contributed by atoms with van der Waals surface area (Å²) in [5.41, 5.74) is 0.552. The van der Waals surface area contributed by atoms with Crippen LogP contribution in [0.3, 0.4) is 0 Å². The van der Waals surface area contributed by atoms with Crippen molar-refractivity contribution in [1.82, 2.24) is 14.5 Å². The van der Waals surface area contributed by atoms with E-state index in [-0.39, 0.29) is 10.8 Å². The van der Waals surface area contributed by atoms with Crippen LogP contribution in [-0.4, -0.2) is 61.8 Å². The highest BCUT2D eigenvalue weighted by Gasteiger charge is 2.31. The summed E-state index contributed by atoms with van der Waals surface area (Å²) in [6.45, 7) is 5.99. The van der Waals surface area contributed by atoms with E-state index in [4.69, 9.17) is 0 Å². The number of likely N-dealkylation sites (tertiary alicyclic amines) is 1. The van der Waals surface area contributed by atoms with Gasteiger partial charge in [0.15, 0.2) is 0 Å². The number of hydrogen-bond acceptors (Lipinski definition) is 4. The van der Waals surface area contributed by atoms with Crippen LogP contribution in [0.25, 0.3) is 0 Å². The normalized spacial score (nSPS) is 23.7. The van der Waals surface area contributed by atoms with Gasteiger partial charge in [0.25, 0.3) is 5.91 Å². The van der Waals surface area contributed by atoms with E-state index in [2.05, 4.69) is 5.32 Å². The predicted molar refractivity (Wildman–Crippen MR) is 97.0 cm³/mol.